The van der Waals surface area contributed by atoms with Gasteiger partial charge >= 0.3 is 0 Å². The van der Waals surface area contributed by atoms with Crippen LogP contribution in [0.25, 0.3) is 0 Å². The smallest absolute Gasteiger partial charge is 0.230 e. The number of carbonyl (C=O) groups excluding carboxylic acids is 2. The zero-order valence-corrected chi connectivity index (χ0v) is 14.4. The minimum atomic E-state index is 0.0959. The highest BCUT2D eigenvalue weighted by molar-refractivity contribution is 9.09. The quantitative estimate of drug-likeness (QED) is 0.598. The normalized spacial score (nSPS) is 18.9. The van der Waals surface area contributed by atoms with E-state index in [1.807, 2.05) is 23.1 Å². The lowest BCUT2D eigenvalue weighted by Gasteiger charge is -2.33. The number of amides is 1. The predicted octanol–water partition coefficient (Wildman–Crippen LogP) is 4.12. The molecule has 0 atom stereocenters. The number of hydrogen-bond acceptors (Lipinski definition) is 2. The third-order valence-corrected chi connectivity index (χ3v) is 5.37. The van der Waals surface area contributed by atoms with Crippen LogP contribution in [0.4, 0.5) is 5.69 Å². The number of hydrogen-bond donors (Lipinski definition) is 0. The lowest BCUT2D eigenvalue weighted by atomic mass is 9.87. The Labute approximate surface area is 140 Å². The number of halogens is 1. The van der Waals surface area contributed by atoms with E-state index in [0.29, 0.717) is 11.2 Å². The molecule has 1 heterocycles. The van der Waals surface area contributed by atoms with E-state index < -0.39 is 0 Å². The zero-order chi connectivity index (χ0) is 15.5. The fourth-order valence-electron chi connectivity index (χ4n) is 3.65. The zero-order valence-electron chi connectivity index (χ0n) is 12.8. The Balaban J connectivity index is 1.84. The molecule has 0 radical (unpaired) electrons. The van der Waals surface area contributed by atoms with Crippen molar-refractivity contribution in [1.29, 1.82) is 0 Å². The first kappa shape index (κ1) is 15.7. The summed E-state index contributed by atoms with van der Waals surface area (Å²) >= 11 is 3.22. The van der Waals surface area contributed by atoms with Crippen LogP contribution in [0.1, 0.15) is 54.4 Å². The molecule has 1 aromatic rings. The van der Waals surface area contributed by atoms with Crippen LogP contribution in [0.5, 0.6) is 0 Å². The van der Waals surface area contributed by atoms with Gasteiger partial charge in [0.1, 0.15) is 0 Å². The van der Waals surface area contributed by atoms with Crippen LogP contribution in [0.2, 0.25) is 0 Å². The minimum absolute atomic E-state index is 0.0959. The van der Waals surface area contributed by atoms with E-state index in [4.69, 9.17) is 0 Å². The van der Waals surface area contributed by atoms with Gasteiger partial charge in [0.25, 0.3) is 0 Å². The second-order valence-electron chi connectivity index (χ2n) is 6.33. The highest BCUT2D eigenvalue weighted by Gasteiger charge is 2.29. The van der Waals surface area contributed by atoms with Crippen molar-refractivity contribution in [2.24, 2.45) is 5.92 Å². The van der Waals surface area contributed by atoms with Crippen LogP contribution in [0.15, 0.2) is 18.2 Å². The number of Topliss-reactive ketones (excluding diaryl/α,β-unsaturated/α-hetero) is 1. The first-order valence-electron chi connectivity index (χ1n) is 8.24. The Bertz CT molecular complexity index is 578. The average Bonchev–Trinajstić information content (AvgIpc) is 2.60. The average molecular weight is 364 g/mol. The summed E-state index contributed by atoms with van der Waals surface area (Å²) in [6.45, 7) is 0.814. The van der Waals surface area contributed by atoms with Gasteiger partial charge in [-0.1, -0.05) is 35.2 Å². The summed E-state index contributed by atoms with van der Waals surface area (Å²) < 4.78 is 0. The molecule has 0 bridgehead atoms. The highest BCUT2D eigenvalue weighted by Crippen LogP contribution is 2.32. The fraction of sp³-hybridized carbons (Fsp3) is 0.556. The molecule has 118 valence electrons. The molecule has 3 nitrogen and oxygen atoms in total. The van der Waals surface area contributed by atoms with Gasteiger partial charge in [0.05, 0.1) is 5.33 Å². The van der Waals surface area contributed by atoms with Crippen LogP contribution in [-0.2, 0) is 11.2 Å². The molecule has 0 unspecified atom stereocenters. The van der Waals surface area contributed by atoms with Gasteiger partial charge in [0, 0.05) is 23.7 Å². The molecule has 1 aliphatic carbocycles. The summed E-state index contributed by atoms with van der Waals surface area (Å²) in [6, 6.07) is 5.79. The molecule has 0 saturated heterocycles. The molecule has 1 aliphatic heterocycles. The molecule has 1 amide bonds. The van der Waals surface area contributed by atoms with E-state index in [0.717, 1.165) is 49.0 Å². The van der Waals surface area contributed by atoms with Gasteiger partial charge < -0.3 is 4.90 Å². The Morgan fingerprint density at radius 2 is 1.91 bits per heavy atom. The predicted molar refractivity (Wildman–Crippen MR) is 91.8 cm³/mol. The van der Waals surface area contributed by atoms with Gasteiger partial charge in [-0.3, -0.25) is 9.59 Å². The van der Waals surface area contributed by atoms with Crippen molar-refractivity contribution in [2.75, 3.05) is 16.8 Å². The third kappa shape index (κ3) is 3.12. The van der Waals surface area contributed by atoms with Crippen molar-refractivity contribution < 1.29 is 9.59 Å². The summed E-state index contributed by atoms with van der Waals surface area (Å²) in [5, 5.41) is 0.344. The number of benzene rings is 1. The third-order valence-electron chi connectivity index (χ3n) is 4.86. The SMILES string of the molecule is O=C(CBr)c1ccc2c(c1)CCCN2C(=O)C1CCCCC1. The molecular weight excluding hydrogens is 342 g/mol. The summed E-state index contributed by atoms with van der Waals surface area (Å²) in [6.07, 6.45) is 7.62. The van der Waals surface area contributed by atoms with Crippen LogP contribution >= 0.6 is 15.9 Å². The summed E-state index contributed by atoms with van der Waals surface area (Å²) in [7, 11) is 0. The molecule has 1 saturated carbocycles. The molecular formula is C18H22BrNO2. The lowest BCUT2D eigenvalue weighted by Crippen LogP contribution is -2.40. The maximum atomic E-state index is 12.8. The number of aryl methyl sites for hydroxylation is 1. The van der Waals surface area contributed by atoms with Crippen molar-refractivity contribution in [3.8, 4) is 0 Å². The Hall–Kier alpha value is -1.16. The van der Waals surface area contributed by atoms with Gasteiger partial charge in [0.2, 0.25) is 5.91 Å². The summed E-state index contributed by atoms with van der Waals surface area (Å²) in [4.78, 5) is 26.6. The number of fused-ring (bicyclic) bond motifs is 1. The Morgan fingerprint density at radius 3 is 2.64 bits per heavy atom. The van der Waals surface area contributed by atoms with Crippen LogP contribution in [0.3, 0.4) is 0 Å². The van der Waals surface area contributed by atoms with Gasteiger partial charge in [-0.2, -0.15) is 0 Å². The first-order chi connectivity index (χ1) is 10.7. The molecule has 2 aliphatic rings. The highest BCUT2D eigenvalue weighted by atomic mass is 79.9. The van der Waals surface area contributed by atoms with Gasteiger partial charge in [-0.05, 0) is 49.4 Å². The largest absolute Gasteiger partial charge is 0.312 e. The summed E-state index contributed by atoms with van der Waals surface area (Å²) in [5.74, 6) is 0.585. The van der Waals surface area contributed by atoms with Crippen molar-refractivity contribution in [3.63, 3.8) is 0 Å². The molecule has 1 fully saturated rings. The van der Waals surface area contributed by atoms with Crippen LogP contribution in [0, 0.1) is 5.92 Å². The molecule has 1 aromatic carbocycles. The number of rotatable bonds is 3. The standard InChI is InChI=1S/C18H22BrNO2/c19-12-17(21)15-8-9-16-14(11-15)7-4-10-20(16)18(22)13-5-2-1-3-6-13/h8-9,11,13H,1-7,10,12H2. The number of carbonyl (C=O) groups is 2. The molecule has 0 aromatic heterocycles. The first-order valence-corrected chi connectivity index (χ1v) is 9.36. The minimum Gasteiger partial charge on any atom is -0.312 e. The van der Waals surface area contributed by atoms with Gasteiger partial charge in [0.15, 0.2) is 5.78 Å². The molecule has 4 heteroatoms. The Morgan fingerprint density at radius 1 is 1.14 bits per heavy atom. The molecule has 0 N–H and O–H groups in total. The Kier molecular flexibility index (Phi) is 4.97. The maximum absolute atomic E-state index is 12.8. The van der Waals surface area contributed by atoms with E-state index in [2.05, 4.69) is 15.9 Å². The van der Waals surface area contributed by atoms with Crippen LogP contribution in [-0.4, -0.2) is 23.6 Å². The topological polar surface area (TPSA) is 37.4 Å². The number of anilines is 1. The second-order valence-corrected chi connectivity index (χ2v) is 6.89. The van der Waals surface area contributed by atoms with Gasteiger partial charge in [-0.15, -0.1) is 0 Å². The second kappa shape index (κ2) is 6.95. The molecule has 22 heavy (non-hydrogen) atoms. The maximum Gasteiger partial charge on any atom is 0.230 e. The monoisotopic (exact) mass is 363 g/mol. The number of ketones is 1. The van der Waals surface area contributed by atoms with Crippen molar-refractivity contribution in [1.82, 2.24) is 0 Å². The van der Waals surface area contributed by atoms with Crippen molar-refractivity contribution >= 4 is 33.3 Å². The van der Waals surface area contributed by atoms with E-state index in [1.165, 1.54) is 19.3 Å². The van der Waals surface area contributed by atoms with E-state index in [9.17, 15) is 9.59 Å². The lowest BCUT2D eigenvalue weighted by molar-refractivity contribution is -0.123. The molecule has 0 spiro atoms. The molecule has 3 rings (SSSR count). The summed E-state index contributed by atoms with van der Waals surface area (Å²) in [5.41, 5.74) is 2.90. The van der Waals surface area contributed by atoms with Crippen molar-refractivity contribution in [3.05, 3.63) is 29.3 Å². The van der Waals surface area contributed by atoms with Gasteiger partial charge in [-0.25, -0.2) is 0 Å². The van der Waals surface area contributed by atoms with Crippen LogP contribution < -0.4 is 4.90 Å². The fourth-order valence-corrected chi connectivity index (χ4v) is 3.97. The van der Waals surface area contributed by atoms with Crippen molar-refractivity contribution in [2.45, 2.75) is 44.9 Å². The van der Waals surface area contributed by atoms with E-state index >= 15 is 0 Å². The number of nitrogens with zero attached hydrogens (tertiary/aromatic N) is 1. The van der Waals surface area contributed by atoms with E-state index in [-0.39, 0.29) is 11.7 Å². The van der Waals surface area contributed by atoms with E-state index in [1.54, 1.807) is 0 Å². The number of alkyl halides is 1.